The zero-order valence-electron chi connectivity index (χ0n) is 29.4. The first-order valence-corrected chi connectivity index (χ1v) is 20.6. The number of aryl methyl sites for hydroxylation is 1. The molecule has 0 atom stereocenters. The second kappa shape index (κ2) is 15.0. The van der Waals surface area contributed by atoms with E-state index in [0.717, 1.165) is 56.9 Å². The summed E-state index contributed by atoms with van der Waals surface area (Å²) in [4.78, 5) is 13.8. The molecule has 4 nitrogen and oxygen atoms in total. The molecule has 251 valence electrons. The molecule has 4 aromatic heterocycles. The van der Waals surface area contributed by atoms with E-state index in [1.165, 1.54) is 37.7 Å². The van der Waals surface area contributed by atoms with Gasteiger partial charge in [0.15, 0.2) is 0 Å². The second-order valence-corrected chi connectivity index (χ2v) is 20.4. The fraction of sp³-hybridized carbons (Fsp3) is 0.357. The van der Waals surface area contributed by atoms with Gasteiger partial charge in [0, 0.05) is 43.6 Å². The molecule has 1 aliphatic carbocycles. The largest absolute Gasteiger partial charge is 0.486 e. The van der Waals surface area contributed by atoms with Crippen LogP contribution in [0.3, 0.4) is 0 Å². The van der Waals surface area contributed by atoms with E-state index in [1.807, 2.05) is 43.5 Å². The molecule has 2 aromatic carbocycles. The van der Waals surface area contributed by atoms with Crippen molar-refractivity contribution in [1.29, 1.82) is 0 Å². The van der Waals surface area contributed by atoms with Gasteiger partial charge < -0.3 is 14.4 Å². The van der Waals surface area contributed by atoms with Gasteiger partial charge in [0.2, 0.25) is 5.71 Å². The predicted molar refractivity (Wildman–Crippen MR) is 199 cm³/mol. The molecule has 6 aromatic rings. The molecule has 6 heteroatoms. The average Bonchev–Trinajstić information content (AvgIpc) is 3.68. The number of fused-ring (bicyclic) bond motifs is 3. The van der Waals surface area contributed by atoms with Gasteiger partial charge in [-0.25, -0.2) is 4.98 Å². The van der Waals surface area contributed by atoms with Crippen molar-refractivity contribution in [3.63, 3.8) is 0 Å². The van der Waals surface area contributed by atoms with Crippen molar-refractivity contribution in [2.75, 3.05) is 0 Å². The number of furan rings is 1. The molecule has 1 aliphatic rings. The summed E-state index contributed by atoms with van der Waals surface area (Å²) in [5.41, 5.74) is 9.44. The minimum atomic E-state index is -1.35. The summed E-state index contributed by atoms with van der Waals surface area (Å²) >= 11 is 0. The van der Waals surface area contributed by atoms with E-state index in [-0.39, 0.29) is 25.5 Å². The molecule has 0 aliphatic heterocycles. The summed E-state index contributed by atoms with van der Waals surface area (Å²) in [7, 11) is -1.35. The van der Waals surface area contributed by atoms with Crippen LogP contribution in [0, 0.1) is 30.4 Å². The Balaban J connectivity index is 0.000000186. The number of hydrogen-bond acceptors (Lipinski definition) is 4. The van der Waals surface area contributed by atoms with Gasteiger partial charge in [0.05, 0.1) is 13.7 Å². The van der Waals surface area contributed by atoms with E-state index in [2.05, 4.69) is 105 Å². The number of hydrogen-bond donors (Lipinski definition) is 0. The van der Waals surface area contributed by atoms with Gasteiger partial charge >= 0.3 is 0 Å². The maximum atomic E-state index is 6.08. The van der Waals surface area contributed by atoms with Gasteiger partial charge in [-0.05, 0) is 65.9 Å². The van der Waals surface area contributed by atoms with Gasteiger partial charge in [0.25, 0.3) is 0 Å². The molecule has 0 bridgehead atoms. The summed E-state index contributed by atoms with van der Waals surface area (Å²) in [6.07, 6.45) is 11.9. The Morgan fingerprint density at radius 2 is 1.67 bits per heavy atom. The smallest absolute Gasteiger partial charge is 0.216 e. The van der Waals surface area contributed by atoms with Crippen LogP contribution in [0.1, 0.15) is 63.3 Å². The third-order valence-electron chi connectivity index (χ3n) is 9.02. The first-order chi connectivity index (χ1) is 22.4. The molecule has 1 fully saturated rings. The number of nitrogens with zero attached hydrogens (tertiary/aromatic N) is 3. The van der Waals surface area contributed by atoms with Crippen LogP contribution in [0.2, 0.25) is 19.6 Å². The molecule has 48 heavy (non-hydrogen) atoms. The Hall–Kier alpha value is -3.44. The molecule has 1 radical (unpaired) electrons. The monoisotopic (exact) mass is 830 g/mol. The summed E-state index contributed by atoms with van der Waals surface area (Å²) in [5, 5.41) is 3.63. The van der Waals surface area contributed by atoms with Crippen molar-refractivity contribution in [1.82, 2.24) is 15.0 Å². The summed E-state index contributed by atoms with van der Waals surface area (Å²) in [6.45, 7) is 16.0. The van der Waals surface area contributed by atoms with Crippen LogP contribution in [0.4, 0.5) is 0 Å². The first kappa shape index (κ1) is 35.9. The molecule has 0 N–H and O–H groups in total. The predicted octanol–water partition coefficient (Wildman–Crippen LogP) is 10.6. The van der Waals surface area contributed by atoms with Crippen molar-refractivity contribution < 1.29 is 24.5 Å². The molecule has 7 rings (SSSR count). The van der Waals surface area contributed by atoms with Crippen molar-refractivity contribution in [2.45, 2.75) is 85.9 Å². The van der Waals surface area contributed by atoms with Gasteiger partial charge in [-0.2, -0.15) is 0 Å². The van der Waals surface area contributed by atoms with E-state index in [0.29, 0.717) is 5.71 Å². The Labute approximate surface area is 301 Å². The van der Waals surface area contributed by atoms with E-state index in [1.54, 1.807) is 10.8 Å². The topological polar surface area (TPSA) is 51.8 Å². The Morgan fingerprint density at radius 3 is 2.38 bits per heavy atom. The zero-order chi connectivity index (χ0) is 33.2. The van der Waals surface area contributed by atoms with Crippen LogP contribution in [0.25, 0.3) is 44.6 Å². The zero-order valence-corrected chi connectivity index (χ0v) is 32.8. The average molecular weight is 830 g/mol. The fourth-order valence-corrected chi connectivity index (χ4v) is 8.39. The quantitative estimate of drug-likeness (QED) is 0.124. The van der Waals surface area contributed by atoms with E-state index < -0.39 is 8.07 Å². The standard InChI is InChI=1S/C22H21N2O.C20H26NSi.Ir/c1-14-8-9-17-16-6-5-7-18(20(16)25-21(17)24-14)19-12-15(10-11-23-19)13-22(2,3)4;1-22(2,3)20-15-21-19(17-11-5-4-6-12-17)14-18(20)13-16-9-7-8-10-16;/h5-6,8-12H,13H2,1-4H3;4-6,11,14-16H,7-10,13H2,1-3H3;/q2*-1;. The van der Waals surface area contributed by atoms with E-state index in [9.17, 15) is 0 Å². The van der Waals surface area contributed by atoms with E-state index >= 15 is 0 Å². The van der Waals surface area contributed by atoms with Crippen molar-refractivity contribution in [3.8, 4) is 22.5 Å². The van der Waals surface area contributed by atoms with Crippen molar-refractivity contribution in [2.24, 2.45) is 11.3 Å². The fourth-order valence-electron chi connectivity index (χ4n) is 6.80. The minimum absolute atomic E-state index is 0. The Bertz CT molecular complexity index is 1980. The molecule has 0 amide bonds. The number of aromatic nitrogens is 3. The first-order valence-electron chi connectivity index (χ1n) is 17.1. The Morgan fingerprint density at radius 1 is 0.875 bits per heavy atom. The SMILES string of the molecule is C[Si](C)(C)c1cnc(-c2[c-]cccc2)cc1CC1CCCC1.Cc1ccc2c(n1)oc1c(-c3cc(CC(C)(C)C)ccn3)[c-]ccc12.[Ir]. The van der Waals surface area contributed by atoms with Crippen LogP contribution >= 0.6 is 0 Å². The molecule has 1 saturated carbocycles. The molecule has 4 heterocycles. The summed E-state index contributed by atoms with van der Waals surface area (Å²) in [6, 6.07) is 29.4. The van der Waals surface area contributed by atoms with Crippen LogP contribution in [-0.2, 0) is 32.9 Å². The summed E-state index contributed by atoms with van der Waals surface area (Å²) in [5.74, 6) is 0.880. The number of pyridine rings is 3. The maximum Gasteiger partial charge on any atom is 0.216 e. The molecular formula is C42H47IrN3OSi-2. The number of benzene rings is 2. The molecular weight excluding hydrogens is 783 g/mol. The van der Waals surface area contributed by atoms with Crippen LogP contribution in [-0.4, -0.2) is 23.0 Å². The summed E-state index contributed by atoms with van der Waals surface area (Å²) < 4.78 is 6.08. The van der Waals surface area contributed by atoms with Gasteiger partial charge in [0.1, 0.15) is 0 Å². The van der Waals surface area contributed by atoms with Crippen LogP contribution < -0.4 is 5.19 Å². The third kappa shape index (κ3) is 8.58. The van der Waals surface area contributed by atoms with Gasteiger partial charge in [-0.3, -0.25) is 0 Å². The Kier molecular flexibility index (Phi) is 11.2. The maximum absolute atomic E-state index is 6.08. The van der Waals surface area contributed by atoms with Gasteiger partial charge in [-0.1, -0.05) is 100 Å². The third-order valence-corrected chi connectivity index (χ3v) is 11.1. The number of rotatable bonds is 6. The van der Waals surface area contributed by atoms with Crippen molar-refractivity contribution in [3.05, 3.63) is 108 Å². The van der Waals surface area contributed by atoms with E-state index in [4.69, 9.17) is 9.40 Å². The van der Waals surface area contributed by atoms with Gasteiger partial charge in [-0.15, -0.1) is 54.1 Å². The minimum Gasteiger partial charge on any atom is -0.486 e. The normalized spacial score (nSPS) is 13.7. The molecule has 0 unspecified atom stereocenters. The molecule has 0 saturated heterocycles. The van der Waals surface area contributed by atoms with Crippen LogP contribution in [0.5, 0.6) is 0 Å². The molecule has 0 spiro atoms. The van der Waals surface area contributed by atoms with Crippen molar-refractivity contribution >= 4 is 35.3 Å². The van der Waals surface area contributed by atoms with Crippen LogP contribution in [0.15, 0.2) is 83.5 Å². The second-order valence-electron chi connectivity index (χ2n) is 15.4.